The van der Waals surface area contributed by atoms with E-state index in [-0.39, 0.29) is 0 Å². The highest BCUT2D eigenvalue weighted by Crippen LogP contribution is 2.25. The Morgan fingerprint density at radius 3 is 2.26 bits per heavy atom. The topological polar surface area (TPSA) is 41.1 Å². The van der Waals surface area contributed by atoms with Gasteiger partial charge in [-0.15, -0.1) is 0 Å². The van der Waals surface area contributed by atoms with Crippen molar-refractivity contribution in [3.05, 3.63) is 41.1 Å². The fraction of sp³-hybridized carbons (Fsp3) is 0.474. The quantitative estimate of drug-likeness (QED) is 0.904. The Bertz CT molecular complexity index is 650. The van der Waals surface area contributed by atoms with Gasteiger partial charge in [-0.2, -0.15) is 4.98 Å². The zero-order valence-corrected chi connectivity index (χ0v) is 14.4. The third-order valence-corrected chi connectivity index (χ3v) is 4.48. The van der Waals surface area contributed by atoms with Crippen molar-refractivity contribution in [1.29, 1.82) is 0 Å². The Labute approximate surface area is 139 Å². The van der Waals surface area contributed by atoms with Crippen LogP contribution in [0.25, 0.3) is 0 Å². The Kier molecular flexibility index (Phi) is 4.79. The molecule has 122 valence electrons. The van der Waals surface area contributed by atoms with Gasteiger partial charge in [0.2, 0.25) is 5.95 Å². The standard InChI is InChI=1S/C19H26N4/c1-14-12-15(2)18(16(3)13-14)22-19-20-9-8-17(21-19)23-10-6-4-5-7-11-23/h8-9,12-13H,4-7,10-11H2,1-3H3,(H,20,21,22). The normalized spacial score (nSPS) is 15.3. The minimum absolute atomic E-state index is 0.682. The summed E-state index contributed by atoms with van der Waals surface area (Å²) in [5, 5.41) is 3.41. The fourth-order valence-electron chi connectivity index (χ4n) is 3.37. The van der Waals surface area contributed by atoms with Crippen molar-refractivity contribution in [2.24, 2.45) is 0 Å². The monoisotopic (exact) mass is 310 g/mol. The second kappa shape index (κ2) is 6.99. The van der Waals surface area contributed by atoms with Crippen molar-refractivity contribution >= 4 is 17.5 Å². The van der Waals surface area contributed by atoms with Gasteiger partial charge in [0.1, 0.15) is 5.82 Å². The maximum atomic E-state index is 4.74. The van der Waals surface area contributed by atoms with Gasteiger partial charge in [-0.1, -0.05) is 30.5 Å². The van der Waals surface area contributed by atoms with Crippen molar-refractivity contribution in [2.75, 3.05) is 23.3 Å². The molecule has 0 bridgehead atoms. The van der Waals surface area contributed by atoms with Crippen LogP contribution >= 0.6 is 0 Å². The smallest absolute Gasteiger partial charge is 0.229 e. The molecule has 4 nitrogen and oxygen atoms in total. The second-order valence-electron chi connectivity index (χ2n) is 6.54. The fourth-order valence-corrected chi connectivity index (χ4v) is 3.37. The number of benzene rings is 1. The molecule has 3 rings (SSSR count). The van der Waals surface area contributed by atoms with Gasteiger partial charge in [0.05, 0.1) is 0 Å². The number of hydrogen-bond acceptors (Lipinski definition) is 4. The van der Waals surface area contributed by atoms with E-state index >= 15 is 0 Å². The van der Waals surface area contributed by atoms with Crippen molar-refractivity contribution in [3.8, 4) is 0 Å². The lowest BCUT2D eigenvalue weighted by Gasteiger charge is -2.22. The van der Waals surface area contributed by atoms with Crippen LogP contribution in [0.5, 0.6) is 0 Å². The largest absolute Gasteiger partial charge is 0.356 e. The van der Waals surface area contributed by atoms with Gasteiger partial charge in [-0.3, -0.25) is 0 Å². The highest BCUT2D eigenvalue weighted by atomic mass is 15.2. The summed E-state index contributed by atoms with van der Waals surface area (Å²) < 4.78 is 0. The van der Waals surface area contributed by atoms with E-state index in [1.165, 1.54) is 42.4 Å². The van der Waals surface area contributed by atoms with E-state index in [1.54, 1.807) is 0 Å². The molecule has 1 fully saturated rings. The lowest BCUT2D eigenvalue weighted by atomic mass is 10.1. The number of nitrogens with zero attached hydrogens (tertiary/aromatic N) is 3. The van der Waals surface area contributed by atoms with Gasteiger partial charge >= 0.3 is 0 Å². The summed E-state index contributed by atoms with van der Waals surface area (Å²) in [6.07, 6.45) is 7.02. The molecule has 0 atom stereocenters. The van der Waals surface area contributed by atoms with E-state index in [4.69, 9.17) is 4.98 Å². The Hall–Kier alpha value is -2.10. The van der Waals surface area contributed by atoms with Crippen LogP contribution in [-0.2, 0) is 0 Å². The van der Waals surface area contributed by atoms with Crippen LogP contribution in [0.3, 0.4) is 0 Å². The number of hydrogen-bond donors (Lipinski definition) is 1. The molecule has 1 aromatic carbocycles. The minimum atomic E-state index is 0.682. The molecular weight excluding hydrogens is 284 g/mol. The number of nitrogens with one attached hydrogen (secondary N) is 1. The second-order valence-corrected chi connectivity index (χ2v) is 6.54. The van der Waals surface area contributed by atoms with Crippen LogP contribution in [0, 0.1) is 20.8 Å². The minimum Gasteiger partial charge on any atom is -0.356 e. The van der Waals surface area contributed by atoms with E-state index in [0.717, 1.165) is 24.6 Å². The molecule has 0 spiro atoms. The predicted octanol–water partition coefficient (Wildman–Crippen LogP) is 4.53. The first-order valence-corrected chi connectivity index (χ1v) is 8.56. The predicted molar refractivity (Wildman–Crippen MR) is 96.6 cm³/mol. The SMILES string of the molecule is Cc1cc(C)c(Nc2nccc(N3CCCCCC3)n2)c(C)c1. The third-order valence-electron chi connectivity index (χ3n) is 4.48. The van der Waals surface area contributed by atoms with Crippen molar-refractivity contribution in [2.45, 2.75) is 46.5 Å². The van der Waals surface area contributed by atoms with E-state index in [9.17, 15) is 0 Å². The van der Waals surface area contributed by atoms with Gasteiger partial charge in [0.25, 0.3) is 0 Å². The van der Waals surface area contributed by atoms with E-state index in [1.807, 2.05) is 12.3 Å². The van der Waals surface area contributed by atoms with Crippen molar-refractivity contribution in [3.63, 3.8) is 0 Å². The summed E-state index contributed by atoms with van der Waals surface area (Å²) in [5.41, 5.74) is 4.85. The summed E-state index contributed by atoms with van der Waals surface area (Å²) >= 11 is 0. The molecule has 1 aliphatic rings. The molecule has 1 aromatic heterocycles. The zero-order valence-electron chi connectivity index (χ0n) is 14.4. The first-order valence-electron chi connectivity index (χ1n) is 8.56. The van der Waals surface area contributed by atoms with Crippen LogP contribution in [0.1, 0.15) is 42.4 Å². The number of aryl methyl sites for hydroxylation is 3. The molecule has 0 unspecified atom stereocenters. The molecule has 0 aliphatic carbocycles. The zero-order chi connectivity index (χ0) is 16.2. The average Bonchev–Trinajstić information content (AvgIpc) is 2.80. The Balaban J connectivity index is 1.83. The summed E-state index contributed by atoms with van der Waals surface area (Å²) in [6.45, 7) is 8.57. The molecule has 1 aliphatic heterocycles. The summed E-state index contributed by atoms with van der Waals surface area (Å²) in [4.78, 5) is 11.5. The number of anilines is 3. The summed E-state index contributed by atoms with van der Waals surface area (Å²) in [6, 6.07) is 6.40. The molecule has 1 N–H and O–H groups in total. The Morgan fingerprint density at radius 1 is 0.957 bits per heavy atom. The molecule has 2 aromatic rings. The molecular formula is C19H26N4. The molecule has 23 heavy (non-hydrogen) atoms. The van der Waals surface area contributed by atoms with Gasteiger partial charge in [-0.25, -0.2) is 4.98 Å². The summed E-state index contributed by atoms with van der Waals surface area (Å²) in [5.74, 6) is 1.72. The first kappa shape index (κ1) is 15.8. The summed E-state index contributed by atoms with van der Waals surface area (Å²) in [7, 11) is 0. The van der Waals surface area contributed by atoms with Gasteiger partial charge in [0, 0.05) is 25.0 Å². The first-order chi connectivity index (χ1) is 11.1. The number of rotatable bonds is 3. The van der Waals surface area contributed by atoms with E-state index in [0.29, 0.717) is 5.95 Å². The lowest BCUT2D eigenvalue weighted by molar-refractivity contribution is 0.726. The lowest BCUT2D eigenvalue weighted by Crippen LogP contribution is -2.25. The maximum absolute atomic E-state index is 4.74. The highest BCUT2D eigenvalue weighted by molar-refractivity contribution is 5.64. The molecule has 1 saturated heterocycles. The Morgan fingerprint density at radius 2 is 1.61 bits per heavy atom. The highest BCUT2D eigenvalue weighted by Gasteiger charge is 2.12. The van der Waals surface area contributed by atoms with Gasteiger partial charge in [-0.05, 0) is 50.8 Å². The molecule has 0 saturated carbocycles. The van der Waals surface area contributed by atoms with Gasteiger partial charge < -0.3 is 10.2 Å². The third kappa shape index (κ3) is 3.81. The van der Waals surface area contributed by atoms with E-state index < -0.39 is 0 Å². The van der Waals surface area contributed by atoms with Gasteiger partial charge in [0.15, 0.2) is 0 Å². The average molecular weight is 310 g/mol. The van der Waals surface area contributed by atoms with Crippen LogP contribution in [0.2, 0.25) is 0 Å². The van der Waals surface area contributed by atoms with Crippen LogP contribution in [0.4, 0.5) is 17.5 Å². The van der Waals surface area contributed by atoms with Crippen LogP contribution < -0.4 is 10.2 Å². The van der Waals surface area contributed by atoms with Crippen LogP contribution in [-0.4, -0.2) is 23.1 Å². The number of aromatic nitrogens is 2. The maximum Gasteiger partial charge on any atom is 0.229 e. The molecule has 0 radical (unpaired) electrons. The molecule has 0 amide bonds. The van der Waals surface area contributed by atoms with E-state index in [2.05, 4.69) is 48.1 Å². The van der Waals surface area contributed by atoms with Crippen molar-refractivity contribution in [1.82, 2.24) is 9.97 Å². The molecule has 2 heterocycles. The van der Waals surface area contributed by atoms with Crippen LogP contribution in [0.15, 0.2) is 24.4 Å². The van der Waals surface area contributed by atoms with Crippen molar-refractivity contribution < 1.29 is 0 Å². The molecule has 4 heteroatoms.